The maximum absolute atomic E-state index is 11.7. The number of benzene rings is 1. The van der Waals surface area contributed by atoms with E-state index < -0.39 is 0 Å². The summed E-state index contributed by atoms with van der Waals surface area (Å²) < 4.78 is 0. The third-order valence-electron chi connectivity index (χ3n) is 2.60. The third kappa shape index (κ3) is 1.40. The smallest absolute Gasteiger partial charge is 0.244 e. The van der Waals surface area contributed by atoms with E-state index in [9.17, 15) is 4.79 Å². The quantitative estimate of drug-likeness (QED) is 0.723. The van der Waals surface area contributed by atoms with Crippen LogP contribution in [0.2, 0.25) is 0 Å². The third-order valence-corrected chi connectivity index (χ3v) is 2.60. The number of amides is 1. The largest absolute Gasteiger partial charge is 0.298 e. The summed E-state index contributed by atoms with van der Waals surface area (Å²) in [6, 6.07) is 7.88. The number of hydrogen-bond donors (Lipinski definition) is 1. The van der Waals surface area contributed by atoms with Crippen molar-refractivity contribution in [2.24, 2.45) is 0 Å². The summed E-state index contributed by atoms with van der Waals surface area (Å²) >= 11 is 0. The van der Waals surface area contributed by atoms with Crippen molar-refractivity contribution < 1.29 is 4.79 Å². The van der Waals surface area contributed by atoms with Crippen molar-refractivity contribution in [2.75, 3.05) is 11.6 Å². The van der Waals surface area contributed by atoms with Crippen molar-refractivity contribution in [3.63, 3.8) is 0 Å². The number of hydrogen-bond acceptors (Lipinski definition) is 2. The molecule has 1 aromatic carbocycles. The first-order valence-corrected chi connectivity index (χ1v) is 4.80. The second-order valence-corrected chi connectivity index (χ2v) is 3.64. The van der Waals surface area contributed by atoms with Crippen molar-refractivity contribution in [2.45, 2.75) is 19.9 Å². The van der Waals surface area contributed by atoms with E-state index in [-0.39, 0.29) is 11.9 Å². The highest BCUT2D eigenvalue weighted by Gasteiger charge is 2.28. The van der Waals surface area contributed by atoms with Gasteiger partial charge in [-0.2, -0.15) is 0 Å². The SMILES string of the molecule is Cc1ccccc1N1CNC(C)C1=O. The molecule has 1 amide bonds. The van der Waals surface area contributed by atoms with Crippen LogP contribution in [0.25, 0.3) is 0 Å². The number of nitrogens with zero attached hydrogens (tertiary/aromatic N) is 1. The molecule has 3 heteroatoms. The predicted octanol–water partition coefficient (Wildman–Crippen LogP) is 1.28. The van der Waals surface area contributed by atoms with E-state index in [2.05, 4.69) is 5.32 Å². The average Bonchev–Trinajstić information content (AvgIpc) is 2.49. The summed E-state index contributed by atoms with van der Waals surface area (Å²) in [6.07, 6.45) is 0. The second kappa shape index (κ2) is 3.42. The Morgan fingerprint density at radius 2 is 2.14 bits per heavy atom. The van der Waals surface area contributed by atoms with Crippen LogP contribution in [0.3, 0.4) is 0 Å². The number of carbonyl (C=O) groups excluding carboxylic acids is 1. The van der Waals surface area contributed by atoms with E-state index in [0.717, 1.165) is 11.3 Å². The number of nitrogens with one attached hydrogen (secondary N) is 1. The average molecular weight is 190 g/mol. The van der Waals surface area contributed by atoms with Gasteiger partial charge in [-0.05, 0) is 25.5 Å². The zero-order valence-corrected chi connectivity index (χ0v) is 8.45. The van der Waals surface area contributed by atoms with Crippen molar-refractivity contribution >= 4 is 11.6 Å². The van der Waals surface area contributed by atoms with E-state index in [4.69, 9.17) is 0 Å². The molecule has 1 fully saturated rings. The Hall–Kier alpha value is -1.35. The number of anilines is 1. The van der Waals surface area contributed by atoms with Crippen LogP contribution in [0.15, 0.2) is 24.3 Å². The highest BCUT2D eigenvalue weighted by Crippen LogP contribution is 2.21. The molecule has 1 unspecified atom stereocenters. The molecule has 1 heterocycles. The predicted molar refractivity (Wildman–Crippen MR) is 56.1 cm³/mol. The van der Waals surface area contributed by atoms with E-state index in [1.54, 1.807) is 4.90 Å². The molecule has 1 atom stereocenters. The summed E-state index contributed by atoms with van der Waals surface area (Å²) in [5.41, 5.74) is 2.14. The lowest BCUT2D eigenvalue weighted by molar-refractivity contribution is -0.118. The van der Waals surface area contributed by atoms with Crippen LogP contribution in [0.5, 0.6) is 0 Å². The fourth-order valence-corrected chi connectivity index (χ4v) is 1.70. The molecule has 0 saturated carbocycles. The van der Waals surface area contributed by atoms with Gasteiger partial charge in [-0.25, -0.2) is 0 Å². The van der Waals surface area contributed by atoms with E-state index in [0.29, 0.717) is 6.67 Å². The van der Waals surface area contributed by atoms with Crippen LogP contribution in [-0.2, 0) is 4.79 Å². The highest BCUT2D eigenvalue weighted by atomic mass is 16.2. The zero-order valence-electron chi connectivity index (χ0n) is 8.45. The molecule has 3 nitrogen and oxygen atoms in total. The molecular weight excluding hydrogens is 176 g/mol. The molecular formula is C11H14N2O. The first-order valence-electron chi connectivity index (χ1n) is 4.80. The molecule has 0 aliphatic carbocycles. The number of carbonyl (C=O) groups is 1. The van der Waals surface area contributed by atoms with Crippen molar-refractivity contribution in [1.82, 2.24) is 5.32 Å². The van der Waals surface area contributed by atoms with Crippen LogP contribution >= 0.6 is 0 Å². The first kappa shape index (κ1) is 9.21. The van der Waals surface area contributed by atoms with Gasteiger partial charge in [0.2, 0.25) is 5.91 Å². The fourth-order valence-electron chi connectivity index (χ4n) is 1.70. The summed E-state index contributed by atoms with van der Waals surface area (Å²) in [4.78, 5) is 13.5. The van der Waals surface area contributed by atoms with Gasteiger partial charge < -0.3 is 0 Å². The van der Waals surface area contributed by atoms with Crippen molar-refractivity contribution in [1.29, 1.82) is 0 Å². The maximum atomic E-state index is 11.7. The van der Waals surface area contributed by atoms with Gasteiger partial charge in [-0.15, -0.1) is 0 Å². The lowest BCUT2D eigenvalue weighted by atomic mass is 10.2. The molecule has 14 heavy (non-hydrogen) atoms. The standard InChI is InChI=1S/C11H14N2O/c1-8-5-3-4-6-10(8)13-7-12-9(2)11(13)14/h3-6,9,12H,7H2,1-2H3. The van der Waals surface area contributed by atoms with Crippen molar-refractivity contribution in [3.05, 3.63) is 29.8 Å². The van der Waals surface area contributed by atoms with Crippen LogP contribution in [0.4, 0.5) is 5.69 Å². The Bertz CT molecular complexity index is 362. The van der Waals surface area contributed by atoms with Gasteiger partial charge in [-0.1, -0.05) is 18.2 Å². The van der Waals surface area contributed by atoms with Gasteiger partial charge in [0.25, 0.3) is 0 Å². The minimum atomic E-state index is -0.0605. The Morgan fingerprint density at radius 3 is 2.71 bits per heavy atom. The molecule has 74 valence electrons. The van der Waals surface area contributed by atoms with E-state index in [1.165, 1.54) is 0 Å². The topological polar surface area (TPSA) is 32.3 Å². The van der Waals surface area contributed by atoms with Crippen LogP contribution in [-0.4, -0.2) is 18.6 Å². The normalized spacial score (nSPS) is 21.7. The summed E-state index contributed by atoms with van der Waals surface area (Å²) in [5, 5.41) is 3.12. The molecule has 0 spiro atoms. The molecule has 1 aliphatic rings. The molecule has 0 aromatic heterocycles. The molecule has 1 aromatic rings. The minimum Gasteiger partial charge on any atom is -0.298 e. The van der Waals surface area contributed by atoms with Crippen LogP contribution in [0, 0.1) is 6.92 Å². The monoisotopic (exact) mass is 190 g/mol. The second-order valence-electron chi connectivity index (χ2n) is 3.64. The molecule has 1 aliphatic heterocycles. The van der Waals surface area contributed by atoms with E-state index >= 15 is 0 Å². The molecule has 0 bridgehead atoms. The fraction of sp³-hybridized carbons (Fsp3) is 0.364. The summed E-state index contributed by atoms with van der Waals surface area (Å²) in [5.74, 6) is 0.152. The van der Waals surface area contributed by atoms with Gasteiger partial charge >= 0.3 is 0 Å². The van der Waals surface area contributed by atoms with Gasteiger partial charge in [0.1, 0.15) is 0 Å². The zero-order chi connectivity index (χ0) is 10.1. The lowest BCUT2D eigenvalue weighted by Crippen LogP contribution is -2.28. The van der Waals surface area contributed by atoms with Crippen LogP contribution in [0.1, 0.15) is 12.5 Å². The Balaban J connectivity index is 2.33. The minimum absolute atomic E-state index is 0.0605. The molecule has 0 radical (unpaired) electrons. The highest BCUT2D eigenvalue weighted by molar-refractivity contribution is 5.99. The number of aryl methyl sites for hydroxylation is 1. The number of para-hydroxylation sites is 1. The maximum Gasteiger partial charge on any atom is 0.244 e. The van der Waals surface area contributed by atoms with E-state index in [1.807, 2.05) is 38.1 Å². The first-order chi connectivity index (χ1) is 6.70. The van der Waals surface area contributed by atoms with Gasteiger partial charge in [0.15, 0.2) is 0 Å². The van der Waals surface area contributed by atoms with Crippen molar-refractivity contribution in [3.8, 4) is 0 Å². The Morgan fingerprint density at radius 1 is 1.43 bits per heavy atom. The summed E-state index contributed by atoms with van der Waals surface area (Å²) in [6.45, 7) is 4.52. The van der Waals surface area contributed by atoms with Gasteiger partial charge in [0, 0.05) is 5.69 Å². The van der Waals surface area contributed by atoms with Gasteiger partial charge in [-0.3, -0.25) is 15.0 Å². The molecule has 1 saturated heterocycles. The molecule has 1 N–H and O–H groups in total. The summed E-state index contributed by atoms with van der Waals surface area (Å²) in [7, 11) is 0. The Kier molecular flexibility index (Phi) is 2.25. The molecule has 2 rings (SSSR count). The van der Waals surface area contributed by atoms with Crippen LogP contribution < -0.4 is 10.2 Å². The van der Waals surface area contributed by atoms with Gasteiger partial charge in [0.05, 0.1) is 12.7 Å². The number of rotatable bonds is 1. The lowest BCUT2D eigenvalue weighted by Gasteiger charge is -2.17. The Labute approximate surface area is 83.7 Å².